The van der Waals surface area contributed by atoms with Crippen molar-refractivity contribution in [2.75, 3.05) is 39.4 Å². The first-order valence-corrected chi connectivity index (χ1v) is 10.7. The number of amides is 1. The van der Waals surface area contributed by atoms with Crippen LogP contribution in [0.5, 0.6) is 0 Å². The molecule has 1 unspecified atom stereocenters. The molecule has 0 N–H and O–H groups in total. The minimum atomic E-state index is -0.279. The highest BCUT2D eigenvalue weighted by molar-refractivity contribution is 5.82. The van der Waals surface area contributed by atoms with E-state index >= 15 is 0 Å². The molecule has 1 amide bonds. The van der Waals surface area contributed by atoms with Gasteiger partial charge in [0.2, 0.25) is 5.91 Å². The predicted molar refractivity (Wildman–Crippen MR) is 110 cm³/mol. The van der Waals surface area contributed by atoms with Crippen LogP contribution < -0.4 is 5.56 Å². The van der Waals surface area contributed by atoms with Gasteiger partial charge < -0.3 is 14.1 Å². The van der Waals surface area contributed by atoms with Crippen molar-refractivity contribution in [3.8, 4) is 0 Å². The molecule has 2 aliphatic rings. The number of fused-ring (bicyclic) bond motifs is 3. The number of nitrogens with zero attached hydrogens (tertiary/aromatic N) is 5. The second-order valence-electron chi connectivity index (χ2n) is 8.14. The molecule has 1 atom stereocenters. The van der Waals surface area contributed by atoms with Crippen molar-refractivity contribution >= 4 is 22.5 Å². The fourth-order valence-electron chi connectivity index (χ4n) is 4.65. The zero-order valence-electron chi connectivity index (χ0n) is 17.0. The summed E-state index contributed by atoms with van der Waals surface area (Å²) in [6.07, 6.45) is 7.30. The Labute approximate surface area is 173 Å². The molecule has 30 heavy (non-hydrogen) atoms. The van der Waals surface area contributed by atoms with E-state index < -0.39 is 0 Å². The van der Waals surface area contributed by atoms with Crippen molar-refractivity contribution in [2.24, 2.45) is 0 Å². The second kappa shape index (κ2) is 8.23. The number of hydrogen-bond acceptors (Lipinski definition) is 6. The van der Waals surface area contributed by atoms with Gasteiger partial charge in [-0.2, -0.15) is 5.10 Å². The molecule has 0 aromatic carbocycles. The van der Waals surface area contributed by atoms with Gasteiger partial charge in [0.15, 0.2) is 5.58 Å². The molecular weight excluding hydrogens is 386 g/mol. The molecule has 3 aromatic rings. The molecule has 0 bridgehead atoms. The van der Waals surface area contributed by atoms with E-state index in [1.807, 2.05) is 4.90 Å². The summed E-state index contributed by atoms with van der Waals surface area (Å²) in [7, 11) is 0. The van der Waals surface area contributed by atoms with Gasteiger partial charge in [0.25, 0.3) is 5.56 Å². The summed E-state index contributed by atoms with van der Waals surface area (Å²) in [5.74, 6) is -0.0316. The minimum absolute atomic E-state index is 0.0316. The number of hydrogen-bond donors (Lipinski definition) is 0. The molecule has 3 aromatic heterocycles. The zero-order valence-corrected chi connectivity index (χ0v) is 17.0. The van der Waals surface area contributed by atoms with E-state index in [1.165, 1.54) is 4.68 Å². The van der Waals surface area contributed by atoms with E-state index in [-0.39, 0.29) is 24.1 Å². The molecule has 5 rings (SSSR count). The summed E-state index contributed by atoms with van der Waals surface area (Å²) in [6.45, 7) is 5.19. The van der Waals surface area contributed by atoms with Gasteiger partial charge in [0.05, 0.1) is 25.0 Å². The Morgan fingerprint density at radius 2 is 2.03 bits per heavy atom. The highest BCUT2D eigenvalue weighted by Crippen LogP contribution is 2.21. The molecule has 160 valence electrons. The lowest BCUT2D eigenvalue weighted by Crippen LogP contribution is -2.48. The van der Waals surface area contributed by atoms with Gasteiger partial charge in [0.1, 0.15) is 18.4 Å². The van der Waals surface area contributed by atoms with E-state index in [9.17, 15) is 9.59 Å². The van der Waals surface area contributed by atoms with E-state index in [0.717, 1.165) is 70.6 Å². The molecule has 0 aliphatic carbocycles. The standard InChI is InChI=1S/C21H27N5O4/c27-20(24-6-2-1-3-16(24)4-7-23-8-11-29-12-9-23)14-26-21(28)18-13-19-17(5-10-30-19)25(18)15-22-26/h5,10,13,15-16H,1-4,6-9,11-12,14H2. The van der Waals surface area contributed by atoms with Crippen molar-refractivity contribution in [2.45, 2.75) is 38.3 Å². The molecule has 9 heteroatoms. The first-order chi connectivity index (χ1) is 14.7. The van der Waals surface area contributed by atoms with Crippen LogP contribution in [-0.4, -0.2) is 75.3 Å². The van der Waals surface area contributed by atoms with Crippen molar-refractivity contribution in [1.29, 1.82) is 0 Å². The van der Waals surface area contributed by atoms with Crippen molar-refractivity contribution < 1.29 is 13.9 Å². The Balaban J connectivity index is 1.30. The molecule has 0 radical (unpaired) electrons. The van der Waals surface area contributed by atoms with Crippen molar-refractivity contribution in [1.82, 2.24) is 24.0 Å². The monoisotopic (exact) mass is 413 g/mol. The lowest BCUT2D eigenvalue weighted by molar-refractivity contribution is -0.136. The van der Waals surface area contributed by atoms with Gasteiger partial charge in [-0.15, -0.1) is 0 Å². The van der Waals surface area contributed by atoms with Gasteiger partial charge in [-0.25, -0.2) is 4.68 Å². The number of furan rings is 1. The third kappa shape index (κ3) is 3.63. The maximum absolute atomic E-state index is 13.1. The summed E-state index contributed by atoms with van der Waals surface area (Å²) in [5, 5.41) is 4.24. The maximum atomic E-state index is 13.1. The van der Waals surface area contributed by atoms with Gasteiger partial charge in [-0.05, 0) is 25.7 Å². The van der Waals surface area contributed by atoms with E-state index in [1.54, 1.807) is 29.1 Å². The highest BCUT2D eigenvalue weighted by Gasteiger charge is 2.28. The predicted octanol–water partition coefficient (Wildman–Crippen LogP) is 1.35. The first-order valence-electron chi connectivity index (χ1n) is 10.7. The molecule has 9 nitrogen and oxygen atoms in total. The van der Waals surface area contributed by atoms with Crippen LogP contribution in [0, 0.1) is 0 Å². The van der Waals surface area contributed by atoms with Gasteiger partial charge in [-0.1, -0.05) is 0 Å². The Bertz CT molecular complexity index is 1090. The zero-order chi connectivity index (χ0) is 20.5. The molecular formula is C21H27N5O4. The van der Waals surface area contributed by atoms with E-state index in [0.29, 0.717) is 11.1 Å². The largest absolute Gasteiger partial charge is 0.463 e. The topological polar surface area (TPSA) is 85.2 Å². The van der Waals surface area contributed by atoms with Crippen LogP contribution in [0.3, 0.4) is 0 Å². The van der Waals surface area contributed by atoms with Crippen molar-refractivity contribution in [3.05, 3.63) is 35.1 Å². The Kier molecular flexibility index (Phi) is 5.30. The number of ether oxygens (including phenoxy) is 1. The smallest absolute Gasteiger partial charge is 0.291 e. The number of likely N-dealkylation sites (tertiary alicyclic amines) is 1. The second-order valence-corrected chi connectivity index (χ2v) is 8.14. The van der Waals surface area contributed by atoms with Crippen LogP contribution in [0.4, 0.5) is 0 Å². The van der Waals surface area contributed by atoms with Gasteiger partial charge in [0, 0.05) is 44.4 Å². The molecule has 2 fully saturated rings. The summed E-state index contributed by atoms with van der Waals surface area (Å²) >= 11 is 0. The van der Waals surface area contributed by atoms with Crippen LogP contribution >= 0.6 is 0 Å². The third-order valence-corrected chi connectivity index (χ3v) is 6.34. The van der Waals surface area contributed by atoms with Crippen LogP contribution in [-0.2, 0) is 16.1 Å². The van der Waals surface area contributed by atoms with Gasteiger partial charge in [-0.3, -0.25) is 18.9 Å². The lowest BCUT2D eigenvalue weighted by Gasteiger charge is -2.37. The quantitative estimate of drug-likeness (QED) is 0.628. The number of rotatable bonds is 5. The summed E-state index contributed by atoms with van der Waals surface area (Å²) in [4.78, 5) is 30.4. The Morgan fingerprint density at radius 3 is 2.90 bits per heavy atom. The Hall–Kier alpha value is -2.65. The van der Waals surface area contributed by atoms with Crippen LogP contribution in [0.25, 0.3) is 16.6 Å². The lowest BCUT2D eigenvalue weighted by atomic mass is 9.99. The summed E-state index contributed by atoms with van der Waals surface area (Å²) in [5.41, 5.74) is 1.62. The summed E-state index contributed by atoms with van der Waals surface area (Å²) < 4.78 is 13.8. The average molecular weight is 413 g/mol. The van der Waals surface area contributed by atoms with Crippen LogP contribution in [0.1, 0.15) is 25.7 Å². The fourth-order valence-corrected chi connectivity index (χ4v) is 4.65. The maximum Gasteiger partial charge on any atom is 0.291 e. The Morgan fingerprint density at radius 1 is 1.17 bits per heavy atom. The highest BCUT2D eigenvalue weighted by atomic mass is 16.5. The molecule has 0 saturated carbocycles. The normalized spacial score (nSPS) is 20.9. The number of piperidine rings is 1. The molecule has 2 saturated heterocycles. The number of carbonyl (C=O) groups excluding carboxylic acids is 1. The minimum Gasteiger partial charge on any atom is -0.463 e. The average Bonchev–Trinajstić information content (AvgIpc) is 3.37. The van der Waals surface area contributed by atoms with Crippen LogP contribution in [0.15, 0.2) is 33.9 Å². The molecule has 5 heterocycles. The number of carbonyl (C=O) groups is 1. The van der Waals surface area contributed by atoms with E-state index in [2.05, 4.69) is 10.00 Å². The first kappa shape index (κ1) is 19.3. The molecule has 0 spiro atoms. The molecule has 2 aliphatic heterocycles. The summed E-state index contributed by atoms with van der Waals surface area (Å²) in [6, 6.07) is 3.72. The number of morpholine rings is 1. The SMILES string of the molecule is O=C(Cn1ncn2c(cc3occc32)c1=O)N1CCCCC1CCN1CCOCC1. The van der Waals surface area contributed by atoms with Gasteiger partial charge >= 0.3 is 0 Å². The third-order valence-electron chi connectivity index (χ3n) is 6.34. The fraction of sp³-hybridized carbons (Fsp3) is 0.571. The van der Waals surface area contributed by atoms with E-state index in [4.69, 9.17) is 9.15 Å². The van der Waals surface area contributed by atoms with Crippen LogP contribution in [0.2, 0.25) is 0 Å². The number of aromatic nitrogens is 3. The van der Waals surface area contributed by atoms with Crippen molar-refractivity contribution in [3.63, 3.8) is 0 Å².